The molecule has 1 saturated heterocycles. The second-order valence-corrected chi connectivity index (χ2v) is 11.6. The van der Waals surface area contributed by atoms with Crippen molar-refractivity contribution in [1.82, 2.24) is 25.1 Å². The number of aryl methyl sites for hydroxylation is 2. The van der Waals surface area contributed by atoms with Gasteiger partial charge in [-0.1, -0.05) is 41.4 Å². The predicted octanol–water partition coefficient (Wildman–Crippen LogP) is 6.40. The number of urea groups is 1. The molecule has 10 heteroatoms. The van der Waals surface area contributed by atoms with Crippen LogP contribution in [-0.4, -0.2) is 65.1 Å². The van der Waals surface area contributed by atoms with Crippen LogP contribution >= 0.6 is 23.2 Å². The summed E-state index contributed by atoms with van der Waals surface area (Å²) in [6, 6.07) is 12.0. The molecule has 5 rings (SSSR count). The molecule has 2 atom stereocenters. The number of piperidine rings is 1. The van der Waals surface area contributed by atoms with Gasteiger partial charge in [-0.15, -0.1) is 0 Å². The van der Waals surface area contributed by atoms with Crippen LogP contribution in [-0.2, 0) is 11.2 Å². The van der Waals surface area contributed by atoms with E-state index in [4.69, 9.17) is 27.9 Å². The second-order valence-electron chi connectivity index (χ2n) is 10.9. The van der Waals surface area contributed by atoms with Gasteiger partial charge in [-0.3, -0.25) is 4.90 Å². The SMILES string of the molecule is COC(=O)c1ccc([C@H](C)NC(=O)N(C)C2CCN(C3CCc4cc(-c5cc(C)ncn5)ccc43)CC2)c(Cl)c1Cl. The molecule has 1 aromatic heterocycles. The number of nitrogens with one attached hydrogen (secondary N) is 1. The molecular weight excluding hydrogens is 561 g/mol. The van der Waals surface area contributed by atoms with Crippen molar-refractivity contribution in [2.75, 3.05) is 27.2 Å². The monoisotopic (exact) mass is 595 g/mol. The van der Waals surface area contributed by atoms with Gasteiger partial charge in [-0.25, -0.2) is 19.6 Å². The third kappa shape index (κ3) is 6.05. The Hall–Kier alpha value is -3.20. The molecule has 0 spiro atoms. The number of esters is 1. The summed E-state index contributed by atoms with van der Waals surface area (Å²) in [7, 11) is 3.13. The molecule has 1 N–H and O–H groups in total. The van der Waals surface area contributed by atoms with Crippen LogP contribution < -0.4 is 5.32 Å². The van der Waals surface area contributed by atoms with Crippen molar-refractivity contribution in [2.24, 2.45) is 0 Å². The minimum Gasteiger partial charge on any atom is -0.465 e. The Labute approximate surface area is 251 Å². The average Bonchev–Trinajstić information content (AvgIpc) is 3.41. The van der Waals surface area contributed by atoms with Crippen LogP contribution in [0.5, 0.6) is 0 Å². The fourth-order valence-electron chi connectivity index (χ4n) is 6.03. The van der Waals surface area contributed by atoms with Gasteiger partial charge < -0.3 is 15.0 Å². The van der Waals surface area contributed by atoms with Gasteiger partial charge in [-0.05, 0) is 74.4 Å². The standard InChI is InChI=1S/C31H35Cl2N5O3/c1-18-15-26(35-17-34-18)21-5-7-24-20(16-21)6-10-27(24)38-13-11-22(12-14-38)37(3)31(40)36-19(2)23-8-9-25(30(39)41-4)29(33)28(23)32/h5,7-9,15-17,19,22,27H,6,10-14H2,1-4H3,(H,36,40)/t19-,27?/m0/s1. The summed E-state index contributed by atoms with van der Waals surface area (Å²) < 4.78 is 4.75. The number of aromatic nitrogens is 2. The summed E-state index contributed by atoms with van der Waals surface area (Å²) in [5.74, 6) is -0.561. The third-order valence-corrected chi connectivity index (χ3v) is 9.32. The minimum absolute atomic E-state index is 0.117. The van der Waals surface area contributed by atoms with E-state index in [-0.39, 0.29) is 27.7 Å². The molecule has 0 saturated carbocycles. The average molecular weight is 597 g/mol. The van der Waals surface area contributed by atoms with E-state index in [0.717, 1.165) is 55.7 Å². The molecule has 2 heterocycles. The molecule has 3 aromatic rings. The van der Waals surface area contributed by atoms with Crippen LogP contribution in [0.15, 0.2) is 42.7 Å². The maximum absolute atomic E-state index is 13.2. The van der Waals surface area contributed by atoms with Crippen molar-refractivity contribution in [2.45, 2.75) is 57.7 Å². The number of fused-ring (bicyclic) bond motifs is 1. The van der Waals surface area contributed by atoms with Crippen LogP contribution in [0.3, 0.4) is 0 Å². The Balaban J connectivity index is 1.17. The number of methoxy groups -OCH3 is 1. The van der Waals surface area contributed by atoms with Gasteiger partial charge in [-0.2, -0.15) is 0 Å². The largest absolute Gasteiger partial charge is 0.465 e. The fraction of sp³-hybridized carbons (Fsp3) is 0.419. The van der Waals surface area contributed by atoms with Crippen LogP contribution in [0.4, 0.5) is 4.79 Å². The van der Waals surface area contributed by atoms with Gasteiger partial charge in [0.25, 0.3) is 0 Å². The highest BCUT2D eigenvalue weighted by Gasteiger charge is 2.33. The maximum Gasteiger partial charge on any atom is 0.339 e. The molecule has 2 aliphatic rings. The van der Waals surface area contributed by atoms with Crippen LogP contribution in [0.1, 0.15) is 71.0 Å². The van der Waals surface area contributed by atoms with E-state index in [1.807, 2.05) is 27.0 Å². The second kappa shape index (κ2) is 12.3. The Kier molecular flexibility index (Phi) is 8.82. The first-order valence-corrected chi connectivity index (χ1v) is 14.7. The third-order valence-electron chi connectivity index (χ3n) is 8.42. The highest BCUT2D eigenvalue weighted by Crippen LogP contribution is 2.39. The molecule has 1 aliphatic carbocycles. The lowest BCUT2D eigenvalue weighted by Crippen LogP contribution is -2.49. The lowest BCUT2D eigenvalue weighted by Gasteiger charge is -2.40. The van der Waals surface area contributed by atoms with Crippen molar-refractivity contribution >= 4 is 35.2 Å². The van der Waals surface area contributed by atoms with Gasteiger partial charge >= 0.3 is 12.0 Å². The van der Waals surface area contributed by atoms with Crippen LogP contribution in [0, 0.1) is 6.92 Å². The first-order valence-electron chi connectivity index (χ1n) is 13.9. The van der Waals surface area contributed by atoms with Crippen molar-refractivity contribution < 1.29 is 14.3 Å². The molecular formula is C31H35Cl2N5O3. The summed E-state index contributed by atoms with van der Waals surface area (Å²) in [6.45, 7) is 5.70. The Morgan fingerprint density at radius 3 is 2.54 bits per heavy atom. The number of benzene rings is 2. The van der Waals surface area contributed by atoms with Crippen molar-refractivity contribution in [3.63, 3.8) is 0 Å². The molecule has 0 bridgehead atoms. The van der Waals surface area contributed by atoms with Gasteiger partial charge in [0.05, 0.1) is 34.5 Å². The molecule has 8 nitrogen and oxygen atoms in total. The zero-order valence-electron chi connectivity index (χ0n) is 23.8. The molecule has 2 aromatic carbocycles. The number of nitrogens with zero attached hydrogens (tertiary/aromatic N) is 4. The van der Waals surface area contributed by atoms with Gasteiger partial charge in [0, 0.05) is 43.5 Å². The summed E-state index contributed by atoms with van der Waals surface area (Å²) in [5.41, 5.74) is 6.70. The molecule has 2 amide bonds. The molecule has 216 valence electrons. The Morgan fingerprint density at radius 1 is 1.07 bits per heavy atom. The van der Waals surface area contributed by atoms with E-state index in [9.17, 15) is 9.59 Å². The van der Waals surface area contributed by atoms with Gasteiger partial charge in [0.1, 0.15) is 6.33 Å². The number of carbonyl (C=O) groups is 2. The van der Waals surface area contributed by atoms with Crippen molar-refractivity contribution in [3.8, 4) is 11.3 Å². The topological polar surface area (TPSA) is 87.7 Å². The molecule has 41 heavy (non-hydrogen) atoms. The van der Waals surface area contributed by atoms with E-state index >= 15 is 0 Å². The first-order chi connectivity index (χ1) is 19.7. The molecule has 1 unspecified atom stereocenters. The van der Waals surface area contributed by atoms with E-state index in [2.05, 4.69) is 38.4 Å². The van der Waals surface area contributed by atoms with Gasteiger partial charge in [0.2, 0.25) is 0 Å². The Bertz CT molecular complexity index is 1460. The van der Waals surface area contributed by atoms with Crippen molar-refractivity contribution in [3.05, 3.63) is 80.7 Å². The predicted molar refractivity (Wildman–Crippen MR) is 160 cm³/mol. The lowest BCUT2D eigenvalue weighted by molar-refractivity contribution is 0.0601. The quantitative estimate of drug-likeness (QED) is 0.332. The summed E-state index contributed by atoms with van der Waals surface area (Å²) in [6.07, 6.45) is 5.60. The van der Waals surface area contributed by atoms with Crippen molar-refractivity contribution in [1.29, 1.82) is 0 Å². The highest BCUT2D eigenvalue weighted by atomic mass is 35.5. The smallest absolute Gasteiger partial charge is 0.339 e. The summed E-state index contributed by atoms with van der Waals surface area (Å²) in [5, 5.41) is 3.38. The number of likely N-dealkylation sites (tertiary alicyclic amines) is 1. The number of hydrogen-bond donors (Lipinski definition) is 1. The summed E-state index contributed by atoms with van der Waals surface area (Å²) >= 11 is 12.8. The maximum atomic E-state index is 13.2. The first kappa shape index (κ1) is 29.3. The number of rotatable bonds is 6. The number of carbonyl (C=O) groups excluding carboxylic acids is 2. The summed E-state index contributed by atoms with van der Waals surface area (Å²) in [4.78, 5) is 38.1. The lowest BCUT2D eigenvalue weighted by atomic mass is 9.98. The Morgan fingerprint density at radius 2 is 1.83 bits per heavy atom. The zero-order valence-corrected chi connectivity index (χ0v) is 25.3. The van der Waals surface area contributed by atoms with E-state index in [1.165, 1.54) is 18.2 Å². The van der Waals surface area contributed by atoms with Gasteiger partial charge in [0.15, 0.2) is 0 Å². The molecule has 1 fully saturated rings. The zero-order chi connectivity index (χ0) is 29.3. The van der Waals surface area contributed by atoms with E-state index < -0.39 is 12.0 Å². The van der Waals surface area contributed by atoms with E-state index in [0.29, 0.717) is 11.6 Å². The normalized spacial score (nSPS) is 18.0. The van der Waals surface area contributed by atoms with Crippen LogP contribution in [0.25, 0.3) is 11.3 Å². The van der Waals surface area contributed by atoms with E-state index in [1.54, 1.807) is 23.4 Å². The number of halogens is 2. The number of hydrogen-bond acceptors (Lipinski definition) is 6. The molecule has 1 aliphatic heterocycles. The fourth-order valence-corrected chi connectivity index (χ4v) is 6.61. The minimum atomic E-state index is -0.561. The number of amides is 2. The van der Waals surface area contributed by atoms with Crippen LogP contribution in [0.2, 0.25) is 10.0 Å². The molecule has 0 radical (unpaired) electrons. The highest BCUT2D eigenvalue weighted by molar-refractivity contribution is 6.44. The number of ether oxygens (including phenoxy) is 1.